The second kappa shape index (κ2) is 8.25. The molecule has 2 aliphatic heterocycles. The van der Waals surface area contributed by atoms with Crippen molar-refractivity contribution in [3.05, 3.63) is 44.9 Å². The first-order valence-electron chi connectivity index (χ1n) is 11.6. The summed E-state index contributed by atoms with van der Waals surface area (Å²) in [6, 6.07) is 4.87. The minimum atomic E-state index is -3.69. The van der Waals surface area contributed by atoms with Crippen LogP contribution in [0.4, 0.5) is 5.82 Å². The van der Waals surface area contributed by atoms with Crippen molar-refractivity contribution in [2.45, 2.75) is 70.2 Å². The first-order valence-corrected chi connectivity index (χ1v) is 13.2. The molecule has 3 aromatic rings. The Hall–Kier alpha value is -2.72. The van der Waals surface area contributed by atoms with E-state index in [-0.39, 0.29) is 40.1 Å². The van der Waals surface area contributed by atoms with Gasteiger partial charge in [-0.25, -0.2) is 13.2 Å². The number of H-pyrrole nitrogens is 1. The van der Waals surface area contributed by atoms with Gasteiger partial charge in [-0.15, -0.1) is 0 Å². The molecule has 0 amide bonds. The normalized spacial score (nSPS) is 19.0. The molecule has 4 bridgehead atoms. The fourth-order valence-electron chi connectivity index (χ4n) is 5.02. The van der Waals surface area contributed by atoms with Crippen molar-refractivity contribution < 1.29 is 8.42 Å². The molecule has 9 nitrogen and oxygen atoms in total. The highest BCUT2D eigenvalue weighted by Gasteiger charge is 2.25. The number of hydrogen-bond acceptors (Lipinski definition) is 7. The Bertz CT molecular complexity index is 1390. The Morgan fingerprint density at radius 3 is 2.64 bits per heavy atom. The molecule has 10 heteroatoms. The average molecular weight is 471 g/mol. The zero-order chi connectivity index (χ0) is 23.3. The van der Waals surface area contributed by atoms with Crippen LogP contribution in [0.1, 0.15) is 55.4 Å². The fourth-order valence-corrected chi connectivity index (χ4v) is 6.24. The molecule has 4 heterocycles. The smallest absolute Gasteiger partial charge is 0.328 e. The molecule has 33 heavy (non-hydrogen) atoms. The second-order valence-corrected chi connectivity index (χ2v) is 11.4. The molecule has 3 N–H and O–H groups in total. The van der Waals surface area contributed by atoms with E-state index in [4.69, 9.17) is 5.73 Å². The molecular formula is C23H30N6O3S. The summed E-state index contributed by atoms with van der Waals surface area (Å²) in [4.78, 5) is 26.3. The zero-order valence-corrected chi connectivity index (χ0v) is 19.9. The number of hydrogen-bond donors (Lipinski definition) is 2. The Kier molecular flexibility index (Phi) is 5.52. The summed E-state index contributed by atoms with van der Waals surface area (Å²) < 4.78 is 27.1. The summed E-state index contributed by atoms with van der Waals surface area (Å²) in [5.74, 6) is -0.0612. The number of aryl methyl sites for hydroxylation is 1. The van der Waals surface area contributed by atoms with Crippen molar-refractivity contribution in [1.29, 1.82) is 0 Å². The molecule has 0 spiro atoms. The molecule has 5 rings (SSSR count). The Morgan fingerprint density at radius 1 is 1.06 bits per heavy atom. The van der Waals surface area contributed by atoms with Crippen LogP contribution in [0.2, 0.25) is 0 Å². The largest absolute Gasteiger partial charge is 0.382 e. The van der Waals surface area contributed by atoms with E-state index in [0.29, 0.717) is 12.5 Å². The van der Waals surface area contributed by atoms with Gasteiger partial charge in [0.2, 0.25) is 9.84 Å². The predicted molar refractivity (Wildman–Crippen MR) is 127 cm³/mol. The fraction of sp³-hybridized carbons (Fsp3) is 0.522. The first-order chi connectivity index (χ1) is 15.7. The van der Waals surface area contributed by atoms with Gasteiger partial charge in [0.15, 0.2) is 11.5 Å². The zero-order valence-electron chi connectivity index (χ0n) is 19.1. The van der Waals surface area contributed by atoms with E-state index in [1.54, 1.807) is 0 Å². The van der Waals surface area contributed by atoms with Gasteiger partial charge in [-0.1, -0.05) is 18.6 Å². The maximum atomic E-state index is 12.8. The first kappa shape index (κ1) is 22.1. The molecule has 0 saturated heterocycles. The van der Waals surface area contributed by atoms with Crippen molar-refractivity contribution in [1.82, 2.24) is 24.4 Å². The summed E-state index contributed by atoms with van der Waals surface area (Å²) >= 11 is 0. The van der Waals surface area contributed by atoms with Crippen LogP contribution in [-0.2, 0) is 35.8 Å². The lowest BCUT2D eigenvalue weighted by molar-refractivity contribution is 0.203. The van der Waals surface area contributed by atoms with Gasteiger partial charge in [0.1, 0.15) is 5.52 Å². The lowest BCUT2D eigenvalue weighted by atomic mass is 9.89. The second-order valence-electron chi connectivity index (χ2n) is 9.44. The minimum Gasteiger partial charge on any atom is -0.382 e. The number of aromatic amines is 1. The standard InChI is InChI=1S/C23H30N6O3S/c1-14(2)28-8-7-18-16-6-4-3-5-9-33(31,32)22-26-20(24)19-21(27-22)29(23(30)25-19)12-15(10-16)11-17(18)13-28/h10-11,14H,3-9,12-13H2,1-2H3,(H,25,30)(H2,24,26,27). The SMILES string of the molecule is CC(C)N1CCc2c3cc(cc2C1)Cn1c(=O)[nH]c2c(N)nc(nc21)S(=O)(=O)CCCCC3. The quantitative estimate of drug-likeness (QED) is 0.521. The summed E-state index contributed by atoms with van der Waals surface area (Å²) in [5, 5.41) is -0.309. The number of imidazole rings is 1. The molecule has 0 saturated carbocycles. The number of rotatable bonds is 1. The van der Waals surface area contributed by atoms with Crippen LogP contribution in [-0.4, -0.2) is 51.2 Å². The van der Waals surface area contributed by atoms with E-state index in [1.165, 1.54) is 21.3 Å². The van der Waals surface area contributed by atoms with Crippen LogP contribution in [0.15, 0.2) is 22.1 Å². The highest BCUT2D eigenvalue weighted by atomic mass is 32.2. The number of fused-ring (bicyclic) bond motifs is 5. The van der Waals surface area contributed by atoms with Crippen LogP contribution in [0, 0.1) is 0 Å². The molecule has 2 aromatic heterocycles. The van der Waals surface area contributed by atoms with Crippen molar-refractivity contribution in [3.63, 3.8) is 0 Å². The minimum absolute atomic E-state index is 0.0276. The Balaban J connectivity index is 1.67. The molecule has 0 atom stereocenters. The molecular weight excluding hydrogens is 440 g/mol. The number of aromatic nitrogens is 4. The van der Waals surface area contributed by atoms with E-state index in [2.05, 4.69) is 45.8 Å². The van der Waals surface area contributed by atoms with E-state index < -0.39 is 9.84 Å². The van der Waals surface area contributed by atoms with Crippen LogP contribution in [0.3, 0.4) is 0 Å². The Morgan fingerprint density at radius 2 is 1.85 bits per heavy atom. The number of sulfone groups is 1. The van der Waals surface area contributed by atoms with Crippen molar-refractivity contribution in [2.75, 3.05) is 18.0 Å². The third-order valence-corrected chi connectivity index (χ3v) is 8.42. The number of nitrogen functional groups attached to an aromatic ring is 1. The van der Waals surface area contributed by atoms with Crippen LogP contribution >= 0.6 is 0 Å². The summed E-state index contributed by atoms with van der Waals surface area (Å²) in [6.07, 6.45) is 4.17. The van der Waals surface area contributed by atoms with Crippen molar-refractivity contribution >= 4 is 26.8 Å². The van der Waals surface area contributed by atoms with Crippen molar-refractivity contribution in [2.24, 2.45) is 0 Å². The topological polar surface area (TPSA) is 127 Å². The molecule has 1 aromatic carbocycles. The molecule has 2 aliphatic rings. The van der Waals surface area contributed by atoms with E-state index >= 15 is 0 Å². The monoisotopic (exact) mass is 470 g/mol. The Labute approximate surface area is 193 Å². The van der Waals surface area contributed by atoms with Gasteiger partial charge < -0.3 is 10.7 Å². The van der Waals surface area contributed by atoms with Gasteiger partial charge in [-0.05, 0) is 61.8 Å². The highest BCUT2D eigenvalue weighted by Crippen LogP contribution is 2.28. The van der Waals surface area contributed by atoms with E-state index in [1.807, 2.05) is 0 Å². The maximum Gasteiger partial charge on any atom is 0.328 e. The van der Waals surface area contributed by atoms with Crippen molar-refractivity contribution in [3.8, 4) is 0 Å². The molecule has 0 aliphatic carbocycles. The van der Waals surface area contributed by atoms with Gasteiger partial charge in [-0.2, -0.15) is 9.97 Å². The number of nitrogens with zero attached hydrogens (tertiary/aromatic N) is 4. The average Bonchev–Trinajstić information content (AvgIpc) is 3.08. The van der Waals surface area contributed by atoms with E-state index in [0.717, 1.165) is 44.3 Å². The molecule has 0 unspecified atom stereocenters. The molecule has 0 fully saturated rings. The van der Waals surface area contributed by atoms with Gasteiger partial charge >= 0.3 is 5.69 Å². The van der Waals surface area contributed by atoms with Gasteiger partial charge in [0, 0.05) is 19.1 Å². The maximum absolute atomic E-state index is 12.8. The van der Waals surface area contributed by atoms with Crippen LogP contribution in [0.25, 0.3) is 11.2 Å². The molecule has 0 radical (unpaired) electrons. The van der Waals surface area contributed by atoms with Gasteiger partial charge in [0.05, 0.1) is 12.3 Å². The summed E-state index contributed by atoms with van der Waals surface area (Å²) in [6.45, 7) is 6.66. The number of nitrogens with two attached hydrogens (primary N) is 1. The number of nitrogens with one attached hydrogen (secondary N) is 1. The third-order valence-electron chi connectivity index (χ3n) is 6.86. The van der Waals surface area contributed by atoms with Crippen LogP contribution in [0.5, 0.6) is 0 Å². The van der Waals surface area contributed by atoms with Crippen LogP contribution < -0.4 is 11.4 Å². The van der Waals surface area contributed by atoms with Gasteiger partial charge in [0.25, 0.3) is 5.16 Å². The summed E-state index contributed by atoms with van der Waals surface area (Å²) in [5.41, 5.74) is 11.2. The van der Waals surface area contributed by atoms with E-state index in [9.17, 15) is 13.2 Å². The molecule has 176 valence electrons. The third kappa shape index (κ3) is 4.06. The number of benzene rings is 1. The number of anilines is 1. The summed E-state index contributed by atoms with van der Waals surface area (Å²) in [7, 11) is -3.69. The lowest BCUT2D eigenvalue weighted by Gasteiger charge is -2.33. The van der Waals surface area contributed by atoms with Gasteiger partial charge in [-0.3, -0.25) is 9.47 Å². The predicted octanol–water partition coefficient (Wildman–Crippen LogP) is 2.02. The lowest BCUT2D eigenvalue weighted by Crippen LogP contribution is -2.36. The highest BCUT2D eigenvalue weighted by molar-refractivity contribution is 7.91.